The minimum atomic E-state index is -0.287. The summed E-state index contributed by atoms with van der Waals surface area (Å²) in [5.74, 6) is -0.0785. The maximum Gasteiger partial charge on any atom is 0.255 e. The van der Waals surface area contributed by atoms with Gasteiger partial charge in [0.1, 0.15) is 11.5 Å². The second-order valence-electron chi connectivity index (χ2n) is 4.69. The topological polar surface area (TPSA) is 69.6 Å². The zero-order valence-electron chi connectivity index (χ0n) is 11.3. The number of rotatable bonds is 4. The van der Waals surface area contributed by atoms with Crippen molar-refractivity contribution in [3.63, 3.8) is 0 Å². The molecule has 0 radical (unpaired) electrons. The number of aromatic hydroxyl groups is 2. The molecule has 0 bridgehead atoms. The highest BCUT2D eigenvalue weighted by molar-refractivity contribution is 5.96. The molecule has 0 spiro atoms. The van der Waals surface area contributed by atoms with Crippen LogP contribution in [0.1, 0.15) is 21.5 Å². The second-order valence-corrected chi connectivity index (χ2v) is 4.69. The summed E-state index contributed by atoms with van der Waals surface area (Å²) in [6, 6.07) is 11.8. The monoisotopic (exact) mass is 271 g/mol. The third-order valence-corrected chi connectivity index (χ3v) is 3.03. The summed E-state index contributed by atoms with van der Waals surface area (Å²) in [6.07, 6.45) is 0.665. The molecular weight excluding hydrogens is 254 g/mol. The van der Waals surface area contributed by atoms with Crippen LogP contribution < -0.4 is 5.32 Å². The summed E-state index contributed by atoms with van der Waals surface area (Å²) in [6.45, 7) is 2.34. The second kappa shape index (κ2) is 6.10. The standard InChI is InChI=1S/C16H17NO3/c1-11-2-7-15(19)14(10-11)16(20)17-9-8-12-3-5-13(18)6-4-12/h2-7,10,18-19H,8-9H2,1H3,(H,17,20). The van der Waals surface area contributed by atoms with Crippen molar-refractivity contribution in [2.75, 3.05) is 6.54 Å². The first kappa shape index (κ1) is 13.9. The van der Waals surface area contributed by atoms with E-state index in [1.807, 2.05) is 19.1 Å². The lowest BCUT2D eigenvalue weighted by Gasteiger charge is -2.08. The molecule has 0 atom stereocenters. The molecule has 0 saturated heterocycles. The van der Waals surface area contributed by atoms with Gasteiger partial charge >= 0.3 is 0 Å². The Morgan fingerprint density at radius 2 is 1.80 bits per heavy atom. The summed E-state index contributed by atoms with van der Waals surface area (Å²) in [5.41, 5.74) is 2.23. The maximum absolute atomic E-state index is 12.0. The van der Waals surface area contributed by atoms with E-state index in [4.69, 9.17) is 0 Å². The number of aryl methyl sites for hydroxylation is 1. The van der Waals surface area contributed by atoms with Gasteiger partial charge in [0, 0.05) is 6.54 Å². The number of phenolic OH excluding ortho intramolecular Hbond substituents is 2. The van der Waals surface area contributed by atoms with Gasteiger partial charge in [-0.2, -0.15) is 0 Å². The zero-order valence-corrected chi connectivity index (χ0v) is 11.3. The predicted octanol–water partition coefficient (Wildman–Crippen LogP) is 2.38. The van der Waals surface area contributed by atoms with Crippen LogP contribution >= 0.6 is 0 Å². The summed E-state index contributed by atoms with van der Waals surface area (Å²) in [5, 5.41) is 21.6. The van der Waals surface area contributed by atoms with E-state index in [-0.39, 0.29) is 23.0 Å². The number of hydrogen-bond donors (Lipinski definition) is 3. The van der Waals surface area contributed by atoms with Crippen molar-refractivity contribution in [3.05, 3.63) is 59.2 Å². The third kappa shape index (κ3) is 3.51. The fourth-order valence-electron chi connectivity index (χ4n) is 1.91. The maximum atomic E-state index is 12.0. The van der Waals surface area contributed by atoms with E-state index in [0.29, 0.717) is 13.0 Å². The molecule has 20 heavy (non-hydrogen) atoms. The summed E-state index contributed by atoms with van der Waals surface area (Å²) in [7, 11) is 0. The number of nitrogens with one attached hydrogen (secondary N) is 1. The van der Waals surface area contributed by atoms with Crippen LogP contribution in [0.25, 0.3) is 0 Å². The van der Waals surface area contributed by atoms with Gasteiger partial charge in [-0.1, -0.05) is 23.8 Å². The number of carbonyl (C=O) groups excluding carboxylic acids is 1. The lowest BCUT2D eigenvalue weighted by atomic mass is 10.1. The van der Waals surface area contributed by atoms with Crippen LogP contribution in [-0.2, 0) is 6.42 Å². The Balaban J connectivity index is 1.92. The molecule has 0 unspecified atom stereocenters. The van der Waals surface area contributed by atoms with E-state index in [1.165, 1.54) is 6.07 Å². The van der Waals surface area contributed by atoms with Gasteiger partial charge in [0.15, 0.2) is 0 Å². The van der Waals surface area contributed by atoms with E-state index in [0.717, 1.165) is 11.1 Å². The molecule has 2 rings (SSSR count). The molecule has 2 aromatic rings. The molecule has 0 saturated carbocycles. The molecule has 4 nitrogen and oxygen atoms in total. The molecule has 0 heterocycles. The SMILES string of the molecule is Cc1ccc(O)c(C(=O)NCCc2ccc(O)cc2)c1. The smallest absolute Gasteiger partial charge is 0.255 e. The summed E-state index contributed by atoms with van der Waals surface area (Å²) < 4.78 is 0. The van der Waals surface area contributed by atoms with Crippen LogP contribution in [0.2, 0.25) is 0 Å². The first-order valence-electron chi connectivity index (χ1n) is 6.42. The molecule has 104 valence electrons. The lowest BCUT2D eigenvalue weighted by molar-refractivity contribution is 0.0951. The van der Waals surface area contributed by atoms with Crippen molar-refractivity contribution in [3.8, 4) is 11.5 Å². The Kier molecular flexibility index (Phi) is 4.25. The Labute approximate surface area is 117 Å². The lowest BCUT2D eigenvalue weighted by Crippen LogP contribution is -2.25. The molecule has 4 heteroatoms. The highest BCUT2D eigenvalue weighted by atomic mass is 16.3. The Bertz CT molecular complexity index is 606. The minimum absolute atomic E-state index is 0.0160. The van der Waals surface area contributed by atoms with Gasteiger partial charge in [-0.25, -0.2) is 0 Å². The van der Waals surface area contributed by atoms with Crippen molar-refractivity contribution < 1.29 is 15.0 Å². The average molecular weight is 271 g/mol. The molecule has 2 aromatic carbocycles. The van der Waals surface area contributed by atoms with Crippen molar-refractivity contribution in [2.24, 2.45) is 0 Å². The van der Waals surface area contributed by atoms with Crippen molar-refractivity contribution in [2.45, 2.75) is 13.3 Å². The first-order valence-corrected chi connectivity index (χ1v) is 6.42. The molecular formula is C16H17NO3. The van der Waals surface area contributed by atoms with Gasteiger partial charge in [0.25, 0.3) is 5.91 Å². The van der Waals surface area contributed by atoms with Crippen LogP contribution in [0.3, 0.4) is 0 Å². The number of benzene rings is 2. The largest absolute Gasteiger partial charge is 0.508 e. The Hall–Kier alpha value is -2.49. The Morgan fingerprint density at radius 1 is 1.10 bits per heavy atom. The third-order valence-electron chi connectivity index (χ3n) is 3.03. The van der Waals surface area contributed by atoms with Gasteiger partial charge in [0.2, 0.25) is 0 Å². The minimum Gasteiger partial charge on any atom is -0.508 e. The van der Waals surface area contributed by atoms with Crippen LogP contribution in [0.5, 0.6) is 11.5 Å². The van der Waals surface area contributed by atoms with E-state index in [2.05, 4.69) is 5.32 Å². The summed E-state index contributed by atoms with van der Waals surface area (Å²) in [4.78, 5) is 12.0. The quantitative estimate of drug-likeness (QED) is 0.799. The molecule has 0 aliphatic carbocycles. The van der Waals surface area contributed by atoms with Gasteiger partial charge in [0.05, 0.1) is 5.56 Å². The van der Waals surface area contributed by atoms with Crippen molar-refractivity contribution in [1.82, 2.24) is 5.32 Å². The van der Waals surface area contributed by atoms with Gasteiger partial charge in [-0.15, -0.1) is 0 Å². The normalized spacial score (nSPS) is 10.2. The van der Waals surface area contributed by atoms with Gasteiger partial charge in [-0.3, -0.25) is 4.79 Å². The number of phenols is 2. The van der Waals surface area contributed by atoms with Gasteiger partial charge < -0.3 is 15.5 Å². The predicted molar refractivity (Wildman–Crippen MR) is 77.0 cm³/mol. The van der Waals surface area contributed by atoms with Crippen LogP contribution in [0.4, 0.5) is 0 Å². The highest BCUT2D eigenvalue weighted by Crippen LogP contribution is 2.17. The number of hydrogen-bond acceptors (Lipinski definition) is 3. The van der Waals surface area contributed by atoms with Gasteiger partial charge in [-0.05, 0) is 43.2 Å². The molecule has 3 N–H and O–H groups in total. The summed E-state index contributed by atoms with van der Waals surface area (Å²) >= 11 is 0. The van der Waals surface area contributed by atoms with Crippen LogP contribution in [0.15, 0.2) is 42.5 Å². The highest BCUT2D eigenvalue weighted by Gasteiger charge is 2.10. The Morgan fingerprint density at radius 3 is 2.50 bits per heavy atom. The van der Waals surface area contributed by atoms with E-state index < -0.39 is 0 Å². The molecule has 0 aliphatic rings. The number of carbonyl (C=O) groups is 1. The van der Waals surface area contributed by atoms with Crippen molar-refractivity contribution >= 4 is 5.91 Å². The number of amides is 1. The molecule has 0 aromatic heterocycles. The molecule has 1 amide bonds. The fourth-order valence-corrected chi connectivity index (χ4v) is 1.91. The zero-order chi connectivity index (χ0) is 14.5. The average Bonchev–Trinajstić information content (AvgIpc) is 2.43. The van der Waals surface area contributed by atoms with E-state index >= 15 is 0 Å². The van der Waals surface area contributed by atoms with E-state index in [1.54, 1.807) is 24.3 Å². The molecule has 0 fully saturated rings. The van der Waals surface area contributed by atoms with E-state index in [9.17, 15) is 15.0 Å². The first-order chi connectivity index (χ1) is 9.56. The van der Waals surface area contributed by atoms with Crippen LogP contribution in [0, 0.1) is 6.92 Å². The van der Waals surface area contributed by atoms with Crippen molar-refractivity contribution in [1.29, 1.82) is 0 Å². The van der Waals surface area contributed by atoms with Crippen LogP contribution in [-0.4, -0.2) is 22.7 Å². The molecule has 0 aliphatic heterocycles. The fraction of sp³-hybridized carbons (Fsp3) is 0.188.